The summed E-state index contributed by atoms with van der Waals surface area (Å²) in [5, 5.41) is 3.58. The quantitative estimate of drug-likeness (QED) is 0.845. The molecule has 1 aromatic rings. The minimum Gasteiger partial charge on any atom is -0.371 e. The molecule has 1 N–H and O–H groups in total. The zero-order valence-corrected chi connectivity index (χ0v) is 14.2. The average molecular weight is 289 g/mol. The second-order valence-corrected chi connectivity index (χ2v) is 7.36. The first-order valence-electron chi connectivity index (χ1n) is 8.38. The first kappa shape index (κ1) is 16.3. The Morgan fingerprint density at radius 1 is 1.19 bits per heavy atom. The van der Waals surface area contributed by atoms with Gasteiger partial charge in [0.1, 0.15) is 0 Å². The van der Waals surface area contributed by atoms with Crippen LogP contribution in [0, 0.1) is 0 Å². The van der Waals surface area contributed by atoms with Gasteiger partial charge in [-0.15, -0.1) is 0 Å². The molecule has 21 heavy (non-hydrogen) atoms. The van der Waals surface area contributed by atoms with E-state index in [0.29, 0.717) is 6.04 Å². The van der Waals surface area contributed by atoms with Crippen molar-refractivity contribution in [3.63, 3.8) is 0 Å². The largest absolute Gasteiger partial charge is 0.371 e. The molecule has 0 atom stereocenters. The molecule has 0 unspecified atom stereocenters. The molecule has 1 heterocycles. The van der Waals surface area contributed by atoms with Gasteiger partial charge < -0.3 is 10.2 Å². The zero-order valence-electron chi connectivity index (χ0n) is 14.2. The molecule has 1 aliphatic rings. The monoisotopic (exact) mass is 289 g/mol. The number of nitrogens with zero attached hydrogens (tertiary/aromatic N) is 2. The van der Waals surface area contributed by atoms with Gasteiger partial charge >= 0.3 is 0 Å². The van der Waals surface area contributed by atoms with Crippen LogP contribution in [0.3, 0.4) is 0 Å². The van der Waals surface area contributed by atoms with Crippen molar-refractivity contribution in [1.82, 2.24) is 10.3 Å². The van der Waals surface area contributed by atoms with Crippen molar-refractivity contribution in [2.24, 2.45) is 0 Å². The average Bonchev–Trinajstić information content (AvgIpc) is 2.73. The van der Waals surface area contributed by atoms with Gasteiger partial charge in [-0.3, -0.25) is 4.98 Å². The number of aromatic nitrogens is 1. The lowest BCUT2D eigenvalue weighted by atomic mass is 10.0. The molecule has 0 spiro atoms. The lowest BCUT2D eigenvalue weighted by Crippen LogP contribution is -2.36. The molecule has 3 heteroatoms. The molecule has 0 bridgehead atoms. The fraction of sp³-hybridized carbons (Fsp3) is 0.722. The summed E-state index contributed by atoms with van der Waals surface area (Å²) >= 11 is 0. The highest BCUT2D eigenvalue weighted by atomic mass is 15.1. The van der Waals surface area contributed by atoms with E-state index in [1.807, 2.05) is 12.4 Å². The number of rotatable bonds is 4. The molecule has 0 amide bonds. The van der Waals surface area contributed by atoms with Gasteiger partial charge in [0.05, 0.1) is 0 Å². The van der Waals surface area contributed by atoms with Crippen LogP contribution >= 0.6 is 0 Å². The molecular weight excluding hydrogens is 258 g/mol. The van der Waals surface area contributed by atoms with E-state index < -0.39 is 0 Å². The maximum absolute atomic E-state index is 4.33. The molecule has 1 aliphatic carbocycles. The van der Waals surface area contributed by atoms with Crippen molar-refractivity contribution >= 4 is 5.69 Å². The fourth-order valence-electron chi connectivity index (χ4n) is 3.10. The Kier molecular flexibility index (Phi) is 5.63. The minimum atomic E-state index is 0.133. The van der Waals surface area contributed by atoms with Gasteiger partial charge in [-0.25, -0.2) is 0 Å². The number of pyridine rings is 1. The normalized spacial score (nSPS) is 17.5. The standard InChI is InChI=1S/C18H31N3/c1-18(2,3)20-14-15-13-19-12-11-17(15)21(4)16-9-7-5-6-8-10-16/h11-13,16,20H,5-10,14H2,1-4H3. The van der Waals surface area contributed by atoms with Crippen molar-refractivity contribution in [1.29, 1.82) is 0 Å². The summed E-state index contributed by atoms with van der Waals surface area (Å²) < 4.78 is 0. The SMILES string of the molecule is CN(c1ccncc1CNC(C)(C)C)C1CCCCCC1. The lowest BCUT2D eigenvalue weighted by Gasteiger charge is -2.31. The first-order valence-corrected chi connectivity index (χ1v) is 8.38. The molecule has 0 radical (unpaired) electrons. The molecule has 1 aromatic heterocycles. The maximum atomic E-state index is 4.33. The van der Waals surface area contributed by atoms with E-state index in [-0.39, 0.29) is 5.54 Å². The molecule has 1 fully saturated rings. The highest BCUT2D eigenvalue weighted by molar-refractivity contribution is 5.52. The first-order chi connectivity index (χ1) is 9.97. The summed E-state index contributed by atoms with van der Waals surface area (Å²) in [5.74, 6) is 0. The summed E-state index contributed by atoms with van der Waals surface area (Å²) in [7, 11) is 2.26. The van der Waals surface area contributed by atoms with Crippen molar-refractivity contribution < 1.29 is 0 Å². The van der Waals surface area contributed by atoms with Crippen LogP contribution in [0.25, 0.3) is 0 Å². The van der Waals surface area contributed by atoms with Gasteiger partial charge in [-0.1, -0.05) is 25.7 Å². The van der Waals surface area contributed by atoms with Crippen LogP contribution in [-0.2, 0) is 6.54 Å². The third kappa shape index (κ3) is 4.99. The van der Waals surface area contributed by atoms with Crippen LogP contribution in [-0.4, -0.2) is 23.6 Å². The van der Waals surface area contributed by atoms with Gasteiger partial charge in [0, 0.05) is 48.8 Å². The number of hydrogen-bond donors (Lipinski definition) is 1. The van der Waals surface area contributed by atoms with E-state index >= 15 is 0 Å². The summed E-state index contributed by atoms with van der Waals surface area (Å²) in [6.45, 7) is 7.50. The van der Waals surface area contributed by atoms with Gasteiger partial charge in [0.15, 0.2) is 0 Å². The van der Waals surface area contributed by atoms with E-state index in [0.717, 1.165) is 6.54 Å². The predicted molar refractivity (Wildman–Crippen MR) is 90.7 cm³/mol. The Balaban J connectivity index is 2.10. The van der Waals surface area contributed by atoms with Crippen molar-refractivity contribution in [3.8, 4) is 0 Å². The molecule has 2 rings (SSSR count). The molecule has 0 aromatic carbocycles. The van der Waals surface area contributed by atoms with Crippen molar-refractivity contribution in [3.05, 3.63) is 24.0 Å². The highest BCUT2D eigenvalue weighted by Crippen LogP contribution is 2.27. The predicted octanol–water partition coefficient (Wildman–Crippen LogP) is 4.13. The number of hydrogen-bond acceptors (Lipinski definition) is 3. The second kappa shape index (κ2) is 7.26. The topological polar surface area (TPSA) is 28.2 Å². The van der Waals surface area contributed by atoms with Gasteiger partial charge in [0.2, 0.25) is 0 Å². The Labute approximate surface area is 130 Å². The summed E-state index contributed by atoms with van der Waals surface area (Å²) in [4.78, 5) is 6.82. The zero-order chi connectivity index (χ0) is 15.3. The van der Waals surface area contributed by atoms with Gasteiger partial charge in [-0.05, 0) is 39.7 Å². The Morgan fingerprint density at radius 2 is 1.86 bits per heavy atom. The lowest BCUT2D eigenvalue weighted by molar-refractivity contribution is 0.423. The van der Waals surface area contributed by atoms with Crippen molar-refractivity contribution in [2.45, 2.75) is 77.4 Å². The van der Waals surface area contributed by atoms with Gasteiger partial charge in [-0.2, -0.15) is 0 Å². The van der Waals surface area contributed by atoms with E-state index in [1.165, 1.54) is 49.8 Å². The van der Waals surface area contributed by atoms with E-state index in [4.69, 9.17) is 0 Å². The van der Waals surface area contributed by atoms with E-state index in [1.54, 1.807) is 0 Å². The fourth-order valence-corrected chi connectivity index (χ4v) is 3.10. The summed E-state index contributed by atoms with van der Waals surface area (Å²) in [5.41, 5.74) is 2.78. The molecule has 118 valence electrons. The Morgan fingerprint density at radius 3 is 2.48 bits per heavy atom. The second-order valence-electron chi connectivity index (χ2n) is 7.36. The minimum absolute atomic E-state index is 0.133. The van der Waals surface area contributed by atoms with E-state index in [2.05, 4.69) is 49.1 Å². The smallest absolute Gasteiger partial charge is 0.0442 e. The van der Waals surface area contributed by atoms with Crippen LogP contribution < -0.4 is 10.2 Å². The number of nitrogens with one attached hydrogen (secondary N) is 1. The van der Waals surface area contributed by atoms with Crippen LogP contribution in [0.4, 0.5) is 5.69 Å². The van der Waals surface area contributed by atoms with Gasteiger partial charge in [0.25, 0.3) is 0 Å². The van der Waals surface area contributed by atoms with Crippen LogP contribution in [0.15, 0.2) is 18.5 Å². The molecule has 3 nitrogen and oxygen atoms in total. The van der Waals surface area contributed by atoms with Crippen molar-refractivity contribution in [2.75, 3.05) is 11.9 Å². The number of anilines is 1. The van der Waals surface area contributed by atoms with Crippen LogP contribution in [0.2, 0.25) is 0 Å². The molecule has 1 saturated carbocycles. The highest BCUT2D eigenvalue weighted by Gasteiger charge is 2.20. The Bertz CT molecular complexity index is 428. The summed E-state index contributed by atoms with van der Waals surface area (Å²) in [6.07, 6.45) is 12.1. The third-order valence-electron chi connectivity index (χ3n) is 4.44. The molecule has 0 aliphatic heterocycles. The Hall–Kier alpha value is -1.09. The molecular formula is C18H31N3. The van der Waals surface area contributed by atoms with Crippen LogP contribution in [0.5, 0.6) is 0 Å². The van der Waals surface area contributed by atoms with Crippen LogP contribution in [0.1, 0.15) is 64.9 Å². The third-order valence-corrected chi connectivity index (χ3v) is 4.44. The summed E-state index contributed by atoms with van der Waals surface area (Å²) in [6, 6.07) is 2.85. The van der Waals surface area contributed by atoms with E-state index in [9.17, 15) is 0 Å². The molecule has 0 saturated heterocycles. The maximum Gasteiger partial charge on any atom is 0.0442 e.